The van der Waals surface area contributed by atoms with Gasteiger partial charge in [0.25, 0.3) is 0 Å². The first-order chi connectivity index (χ1) is 7.61. The van der Waals surface area contributed by atoms with E-state index >= 15 is 0 Å². The molecule has 86 valence electrons. The van der Waals surface area contributed by atoms with Crippen molar-refractivity contribution in [2.24, 2.45) is 5.92 Å². The summed E-state index contributed by atoms with van der Waals surface area (Å²) in [5, 5.41) is 0. The third-order valence-electron chi connectivity index (χ3n) is 2.53. The lowest BCUT2D eigenvalue weighted by Gasteiger charge is -2.09. The second-order valence-corrected chi connectivity index (χ2v) is 4.33. The number of hydrogen-bond donors (Lipinski definition) is 1. The van der Waals surface area contributed by atoms with Gasteiger partial charge in [-0.05, 0) is 18.1 Å². The van der Waals surface area contributed by atoms with Crippen molar-refractivity contribution >= 4 is 17.0 Å². The minimum Gasteiger partial charge on any atom is -0.497 e. The predicted molar refractivity (Wildman–Crippen MR) is 65.5 cm³/mol. The zero-order valence-corrected chi connectivity index (χ0v) is 9.90. The number of nitrogens with two attached hydrogens (primary N) is 1. The Hall–Kier alpha value is -1.71. The van der Waals surface area contributed by atoms with E-state index in [9.17, 15) is 0 Å². The fourth-order valence-electron chi connectivity index (χ4n) is 1.81. The average Bonchev–Trinajstić information content (AvgIpc) is 2.54. The summed E-state index contributed by atoms with van der Waals surface area (Å²) in [6.07, 6.45) is 0. The van der Waals surface area contributed by atoms with Crippen molar-refractivity contribution < 1.29 is 4.74 Å². The zero-order valence-electron chi connectivity index (χ0n) is 9.90. The normalized spacial score (nSPS) is 11.2. The molecule has 2 N–H and O–H groups in total. The molecule has 4 heteroatoms. The Bertz CT molecular complexity index is 502. The summed E-state index contributed by atoms with van der Waals surface area (Å²) in [4.78, 5) is 4.33. The Morgan fingerprint density at radius 3 is 2.81 bits per heavy atom. The Morgan fingerprint density at radius 2 is 2.19 bits per heavy atom. The van der Waals surface area contributed by atoms with Gasteiger partial charge in [-0.1, -0.05) is 13.8 Å². The molecule has 1 aromatic heterocycles. The molecule has 2 rings (SSSR count). The van der Waals surface area contributed by atoms with Crippen LogP contribution in [-0.2, 0) is 6.54 Å². The molecule has 2 aromatic rings. The van der Waals surface area contributed by atoms with Crippen LogP contribution in [0, 0.1) is 5.92 Å². The number of nitrogen functional groups attached to an aromatic ring is 1. The lowest BCUT2D eigenvalue weighted by atomic mass is 10.2. The molecule has 0 saturated carbocycles. The highest BCUT2D eigenvalue weighted by atomic mass is 16.5. The highest BCUT2D eigenvalue weighted by molar-refractivity contribution is 5.79. The molecule has 0 bridgehead atoms. The van der Waals surface area contributed by atoms with Crippen LogP contribution in [0.1, 0.15) is 13.8 Å². The lowest BCUT2D eigenvalue weighted by molar-refractivity contribution is 0.415. The van der Waals surface area contributed by atoms with Crippen molar-refractivity contribution in [1.29, 1.82) is 0 Å². The van der Waals surface area contributed by atoms with Crippen molar-refractivity contribution in [2.75, 3.05) is 12.8 Å². The summed E-state index contributed by atoms with van der Waals surface area (Å²) in [6.45, 7) is 5.19. The van der Waals surface area contributed by atoms with E-state index in [2.05, 4.69) is 18.8 Å². The molecule has 0 spiro atoms. The Kier molecular flexibility index (Phi) is 2.73. The number of benzene rings is 1. The van der Waals surface area contributed by atoms with Crippen LogP contribution < -0.4 is 10.5 Å². The van der Waals surface area contributed by atoms with Gasteiger partial charge in [0.15, 0.2) is 0 Å². The summed E-state index contributed by atoms with van der Waals surface area (Å²) in [5.41, 5.74) is 7.85. The van der Waals surface area contributed by atoms with Gasteiger partial charge in [-0.2, -0.15) is 0 Å². The number of ether oxygens (including phenoxy) is 1. The van der Waals surface area contributed by atoms with E-state index in [1.807, 2.05) is 22.8 Å². The molecule has 0 aliphatic heterocycles. The van der Waals surface area contributed by atoms with E-state index in [0.717, 1.165) is 23.3 Å². The molecule has 0 unspecified atom stereocenters. The van der Waals surface area contributed by atoms with Crippen molar-refractivity contribution in [3.05, 3.63) is 18.2 Å². The first kappa shape index (κ1) is 10.8. The number of hydrogen-bond acceptors (Lipinski definition) is 3. The Labute approximate surface area is 95.0 Å². The van der Waals surface area contributed by atoms with Crippen LogP contribution in [0.15, 0.2) is 18.2 Å². The maximum Gasteiger partial charge on any atom is 0.201 e. The minimum absolute atomic E-state index is 0.533. The van der Waals surface area contributed by atoms with E-state index in [4.69, 9.17) is 10.5 Å². The van der Waals surface area contributed by atoms with Crippen LogP contribution in [0.25, 0.3) is 11.0 Å². The summed E-state index contributed by atoms with van der Waals surface area (Å²) < 4.78 is 7.24. The molecule has 0 amide bonds. The zero-order chi connectivity index (χ0) is 11.7. The second kappa shape index (κ2) is 4.04. The molecule has 0 atom stereocenters. The quantitative estimate of drug-likeness (QED) is 0.861. The molecule has 0 radical (unpaired) electrons. The summed E-state index contributed by atoms with van der Waals surface area (Å²) >= 11 is 0. The molecule has 4 nitrogen and oxygen atoms in total. The number of methoxy groups -OCH3 is 1. The number of rotatable bonds is 3. The molecule has 1 heterocycles. The monoisotopic (exact) mass is 219 g/mol. The summed E-state index contributed by atoms with van der Waals surface area (Å²) in [6, 6.07) is 5.80. The Balaban J connectivity index is 2.56. The molecule has 0 fully saturated rings. The van der Waals surface area contributed by atoms with Gasteiger partial charge in [0, 0.05) is 12.6 Å². The van der Waals surface area contributed by atoms with Crippen LogP contribution >= 0.6 is 0 Å². The summed E-state index contributed by atoms with van der Waals surface area (Å²) in [7, 11) is 1.66. The average molecular weight is 219 g/mol. The fraction of sp³-hybridized carbons (Fsp3) is 0.417. The van der Waals surface area contributed by atoms with Gasteiger partial charge in [0.2, 0.25) is 5.95 Å². The first-order valence-electron chi connectivity index (χ1n) is 5.41. The van der Waals surface area contributed by atoms with E-state index in [1.165, 1.54) is 0 Å². The van der Waals surface area contributed by atoms with Crippen molar-refractivity contribution in [1.82, 2.24) is 9.55 Å². The van der Waals surface area contributed by atoms with Crippen LogP contribution in [0.5, 0.6) is 5.75 Å². The largest absolute Gasteiger partial charge is 0.497 e. The molecular weight excluding hydrogens is 202 g/mol. The van der Waals surface area contributed by atoms with E-state index < -0.39 is 0 Å². The number of imidazole rings is 1. The van der Waals surface area contributed by atoms with Gasteiger partial charge in [-0.15, -0.1) is 0 Å². The van der Waals surface area contributed by atoms with Gasteiger partial charge in [-0.25, -0.2) is 4.98 Å². The van der Waals surface area contributed by atoms with E-state index in [1.54, 1.807) is 7.11 Å². The van der Waals surface area contributed by atoms with Gasteiger partial charge in [0.05, 0.1) is 18.1 Å². The summed E-state index contributed by atoms with van der Waals surface area (Å²) in [5.74, 6) is 1.93. The standard InChI is InChI=1S/C12H17N3O/c1-8(2)7-15-11-6-9(16-3)4-5-10(11)14-12(15)13/h4-6,8H,7H2,1-3H3,(H2,13,14). The third-order valence-corrected chi connectivity index (χ3v) is 2.53. The van der Waals surface area contributed by atoms with Crippen LogP contribution in [0.2, 0.25) is 0 Å². The van der Waals surface area contributed by atoms with Crippen LogP contribution in [0.3, 0.4) is 0 Å². The number of anilines is 1. The number of nitrogens with zero attached hydrogens (tertiary/aromatic N) is 2. The Morgan fingerprint density at radius 1 is 1.44 bits per heavy atom. The molecule has 0 aliphatic carbocycles. The van der Waals surface area contributed by atoms with Crippen molar-refractivity contribution in [3.63, 3.8) is 0 Å². The SMILES string of the molecule is COc1ccc2nc(N)n(CC(C)C)c2c1. The molecule has 0 aliphatic rings. The highest BCUT2D eigenvalue weighted by Gasteiger charge is 2.09. The van der Waals surface area contributed by atoms with Gasteiger partial charge >= 0.3 is 0 Å². The van der Waals surface area contributed by atoms with Gasteiger partial charge in [0.1, 0.15) is 5.75 Å². The van der Waals surface area contributed by atoms with E-state index in [-0.39, 0.29) is 0 Å². The topological polar surface area (TPSA) is 53.1 Å². The van der Waals surface area contributed by atoms with Crippen LogP contribution in [0.4, 0.5) is 5.95 Å². The first-order valence-corrected chi connectivity index (χ1v) is 5.41. The fourth-order valence-corrected chi connectivity index (χ4v) is 1.81. The molecule has 0 saturated heterocycles. The van der Waals surface area contributed by atoms with Crippen molar-refractivity contribution in [3.8, 4) is 5.75 Å². The number of aromatic nitrogens is 2. The lowest BCUT2D eigenvalue weighted by Crippen LogP contribution is -2.07. The third kappa shape index (κ3) is 1.83. The van der Waals surface area contributed by atoms with Gasteiger partial charge in [-0.3, -0.25) is 0 Å². The molecular formula is C12H17N3O. The van der Waals surface area contributed by atoms with Gasteiger partial charge < -0.3 is 15.0 Å². The number of fused-ring (bicyclic) bond motifs is 1. The smallest absolute Gasteiger partial charge is 0.201 e. The molecule has 1 aromatic carbocycles. The van der Waals surface area contributed by atoms with Crippen LogP contribution in [-0.4, -0.2) is 16.7 Å². The maximum absolute atomic E-state index is 5.90. The maximum atomic E-state index is 5.90. The van der Waals surface area contributed by atoms with E-state index in [0.29, 0.717) is 11.9 Å². The van der Waals surface area contributed by atoms with Crippen molar-refractivity contribution in [2.45, 2.75) is 20.4 Å². The highest BCUT2D eigenvalue weighted by Crippen LogP contribution is 2.23. The second-order valence-electron chi connectivity index (χ2n) is 4.33. The molecule has 16 heavy (non-hydrogen) atoms. The predicted octanol–water partition coefficient (Wildman–Crippen LogP) is 2.28. The minimum atomic E-state index is 0.533.